The number of nitrogens with zero attached hydrogens (tertiary/aromatic N) is 7. The molecule has 4 heterocycles. The SMILES string of the molecule is COc1nnc2ccc(N3CCC(c4ccc(COCN5[C@H](C)CN(C(C)=O)C[C@@H]5C)cc4)CC3)nn12. The van der Waals surface area contributed by atoms with E-state index < -0.39 is 0 Å². The van der Waals surface area contributed by atoms with Gasteiger partial charge in [-0.3, -0.25) is 9.69 Å². The zero-order valence-corrected chi connectivity index (χ0v) is 22.2. The van der Waals surface area contributed by atoms with Gasteiger partial charge in [0.2, 0.25) is 5.91 Å². The molecule has 2 saturated heterocycles. The molecule has 2 aliphatic heterocycles. The zero-order valence-electron chi connectivity index (χ0n) is 22.2. The summed E-state index contributed by atoms with van der Waals surface area (Å²) in [5.74, 6) is 1.61. The molecule has 0 radical (unpaired) electrons. The minimum atomic E-state index is 0.149. The van der Waals surface area contributed by atoms with Gasteiger partial charge in [-0.05, 0) is 55.9 Å². The van der Waals surface area contributed by atoms with Crippen molar-refractivity contribution in [2.45, 2.75) is 58.2 Å². The molecular formula is C27H37N7O3. The van der Waals surface area contributed by atoms with Crippen LogP contribution in [0.15, 0.2) is 36.4 Å². The van der Waals surface area contributed by atoms with Gasteiger partial charge in [0, 0.05) is 45.2 Å². The molecule has 0 N–H and O–H groups in total. The van der Waals surface area contributed by atoms with E-state index in [1.165, 1.54) is 11.1 Å². The third kappa shape index (κ3) is 5.55. The van der Waals surface area contributed by atoms with Gasteiger partial charge in [0.15, 0.2) is 5.65 Å². The fraction of sp³-hybridized carbons (Fsp3) is 0.556. The molecule has 10 heteroatoms. The van der Waals surface area contributed by atoms with Crippen LogP contribution in [0.3, 0.4) is 0 Å². The Hall–Kier alpha value is -3.24. The lowest BCUT2D eigenvalue weighted by Gasteiger charge is -2.43. The molecule has 2 aromatic heterocycles. The third-order valence-electron chi connectivity index (χ3n) is 7.73. The highest BCUT2D eigenvalue weighted by molar-refractivity contribution is 5.73. The van der Waals surface area contributed by atoms with Crippen molar-refractivity contribution in [2.24, 2.45) is 0 Å². The van der Waals surface area contributed by atoms with Gasteiger partial charge < -0.3 is 19.3 Å². The Morgan fingerprint density at radius 3 is 2.35 bits per heavy atom. The number of piperidine rings is 1. The minimum absolute atomic E-state index is 0.149. The molecule has 0 spiro atoms. The van der Waals surface area contributed by atoms with Crippen molar-refractivity contribution in [2.75, 3.05) is 44.9 Å². The molecule has 3 aromatic rings. The van der Waals surface area contributed by atoms with Crippen LogP contribution in [0.25, 0.3) is 5.65 Å². The Morgan fingerprint density at radius 2 is 1.70 bits per heavy atom. The van der Waals surface area contributed by atoms with Crippen molar-refractivity contribution >= 4 is 17.4 Å². The van der Waals surface area contributed by atoms with Crippen molar-refractivity contribution in [3.05, 3.63) is 47.5 Å². The van der Waals surface area contributed by atoms with E-state index in [4.69, 9.17) is 9.47 Å². The summed E-state index contributed by atoms with van der Waals surface area (Å²) >= 11 is 0. The smallest absolute Gasteiger partial charge is 0.338 e. The molecular weight excluding hydrogens is 470 g/mol. The van der Waals surface area contributed by atoms with Gasteiger partial charge in [0.1, 0.15) is 12.5 Å². The Balaban J connectivity index is 1.10. The van der Waals surface area contributed by atoms with Gasteiger partial charge in [-0.2, -0.15) is 4.52 Å². The maximum absolute atomic E-state index is 11.7. The lowest BCUT2D eigenvalue weighted by molar-refractivity contribution is -0.136. The average Bonchev–Trinajstić information content (AvgIpc) is 3.33. The quantitative estimate of drug-likeness (QED) is 0.482. The molecule has 1 aromatic carbocycles. The van der Waals surface area contributed by atoms with Crippen LogP contribution in [0.4, 0.5) is 5.82 Å². The van der Waals surface area contributed by atoms with Crippen LogP contribution in [0.5, 0.6) is 6.01 Å². The van der Waals surface area contributed by atoms with Crippen LogP contribution < -0.4 is 9.64 Å². The summed E-state index contributed by atoms with van der Waals surface area (Å²) in [6.07, 6.45) is 2.16. The Morgan fingerprint density at radius 1 is 1.00 bits per heavy atom. The van der Waals surface area contributed by atoms with Crippen LogP contribution in [-0.4, -0.2) is 87.6 Å². The van der Waals surface area contributed by atoms with Crippen molar-refractivity contribution in [3.63, 3.8) is 0 Å². The summed E-state index contributed by atoms with van der Waals surface area (Å²) in [5, 5.41) is 12.8. The number of fused-ring (bicyclic) bond motifs is 1. The molecule has 0 aliphatic carbocycles. The van der Waals surface area contributed by atoms with Crippen LogP contribution in [0.1, 0.15) is 50.7 Å². The first-order valence-electron chi connectivity index (χ1n) is 13.1. The molecule has 2 fully saturated rings. The van der Waals surface area contributed by atoms with E-state index in [2.05, 4.69) is 63.2 Å². The van der Waals surface area contributed by atoms with Crippen molar-refractivity contribution in [3.8, 4) is 6.01 Å². The summed E-state index contributed by atoms with van der Waals surface area (Å²) in [6, 6.07) is 13.8. The van der Waals surface area contributed by atoms with Crippen LogP contribution in [0.2, 0.25) is 0 Å². The predicted octanol–water partition coefficient (Wildman–Crippen LogP) is 2.93. The van der Waals surface area contributed by atoms with E-state index in [9.17, 15) is 4.79 Å². The number of methoxy groups -OCH3 is 1. The maximum Gasteiger partial charge on any atom is 0.338 e. The van der Waals surface area contributed by atoms with Gasteiger partial charge >= 0.3 is 6.01 Å². The first kappa shape index (κ1) is 25.4. The molecule has 198 valence electrons. The van der Waals surface area contributed by atoms with Crippen molar-refractivity contribution in [1.82, 2.24) is 29.6 Å². The highest BCUT2D eigenvalue weighted by atomic mass is 16.5. The highest BCUT2D eigenvalue weighted by Crippen LogP contribution is 2.30. The second kappa shape index (κ2) is 11.0. The predicted molar refractivity (Wildman–Crippen MR) is 141 cm³/mol. The summed E-state index contributed by atoms with van der Waals surface area (Å²) in [5.41, 5.74) is 3.25. The molecule has 1 amide bonds. The number of benzene rings is 1. The number of hydrogen-bond donors (Lipinski definition) is 0. The van der Waals surface area contributed by atoms with E-state index >= 15 is 0 Å². The average molecular weight is 508 g/mol. The van der Waals surface area contributed by atoms with Crippen molar-refractivity contribution < 1.29 is 14.3 Å². The fourth-order valence-corrected chi connectivity index (χ4v) is 5.52. The van der Waals surface area contributed by atoms with Crippen molar-refractivity contribution in [1.29, 1.82) is 0 Å². The van der Waals surface area contributed by atoms with Crippen LogP contribution in [0, 0.1) is 0 Å². The number of anilines is 1. The Bertz CT molecular complexity index is 1190. The second-order valence-electron chi connectivity index (χ2n) is 10.3. The highest BCUT2D eigenvalue weighted by Gasteiger charge is 2.30. The molecule has 10 nitrogen and oxygen atoms in total. The Labute approximate surface area is 218 Å². The molecule has 2 atom stereocenters. The van der Waals surface area contributed by atoms with Gasteiger partial charge in [-0.25, -0.2) is 0 Å². The molecule has 5 rings (SSSR count). The zero-order chi connectivity index (χ0) is 25.9. The maximum atomic E-state index is 11.7. The summed E-state index contributed by atoms with van der Waals surface area (Å²) < 4.78 is 13.0. The lowest BCUT2D eigenvalue weighted by Crippen LogP contribution is -2.58. The van der Waals surface area contributed by atoms with E-state index in [0.717, 1.165) is 44.8 Å². The number of carbonyl (C=O) groups excluding carboxylic acids is 1. The Kier molecular flexibility index (Phi) is 7.57. The summed E-state index contributed by atoms with van der Waals surface area (Å²) in [7, 11) is 1.58. The number of amides is 1. The molecule has 37 heavy (non-hydrogen) atoms. The number of aromatic nitrogens is 4. The first-order valence-corrected chi connectivity index (χ1v) is 13.1. The molecule has 0 unspecified atom stereocenters. The van der Waals surface area contributed by atoms with Gasteiger partial charge in [0.25, 0.3) is 0 Å². The number of piperazine rings is 1. The van der Waals surface area contributed by atoms with Crippen LogP contribution in [-0.2, 0) is 16.1 Å². The molecule has 0 saturated carbocycles. The monoisotopic (exact) mass is 507 g/mol. The standard InChI is InChI=1S/C27H37N7O3/c1-19-15-32(21(3)35)16-20(2)33(19)18-37-17-22-5-7-23(8-6-22)24-11-13-31(14-12-24)26-10-9-25-28-29-27(36-4)34(25)30-26/h5-10,19-20,24H,11-18H2,1-4H3/t19-,20+. The second-order valence-corrected chi connectivity index (χ2v) is 10.3. The number of rotatable bonds is 7. The fourth-order valence-electron chi connectivity index (χ4n) is 5.52. The van der Waals surface area contributed by atoms with E-state index in [1.807, 2.05) is 17.0 Å². The minimum Gasteiger partial charge on any atom is -0.466 e. The van der Waals surface area contributed by atoms with E-state index in [-0.39, 0.29) is 18.0 Å². The lowest BCUT2D eigenvalue weighted by atomic mass is 9.89. The normalized spacial score (nSPS) is 21.5. The largest absolute Gasteiger partial charge is 0.466 e. The number of carbonyl (C=O) groups is 1. The van der Waals surface area contributed by atoms with Gasteiger partial charge in [-0.1, -0.05) is 29.4 Å². The summed E-state index contributed by atoms with van der Waals surface area (Å²) in [4.78, 5) is 18.3. The molecule has 0 bridgehead atoms. The van der Waals surface area contributed by atoms with E-state index in [0.29, 0.717) is 30.9 Å². The third-order valence-corrected chi connectivity index (χ3v) is 7.73. The topological polar surface area (TPSA) is 88.3 Å². The van der Waals surface area contributed by atoms with E-state index in [1.54, 1.807) is 18.5 Å². The molecule has 2 aliphatic rings. The first-order chi connectivity index (χ1) is 17.9. The van der Waals surface area contributed by atoms with Crippen LogP contribution >= 0.6 is 0 Å². The number of hydrogen-bond acceptors (Lipinski definition) is 8. The number of ether oxygens (including phenoxy) is 2. The summed E-state index contributed by atoms with van der Waals surface area (Å²) in [6.45, 7) is 10.6. The van der Waals surface area contributed by atoms with Gasteiger partial charge in [-0.15, -0.1) is 10.2 Å². The van der Waals surface area contributed by atoms with Gasteiger partial charge in [0.05, 0.1) is 13.7 Å².